The normalized spacial score (nSPS) is 15.9. The van der Waals surface area contributed by atoms with E-state index in [1.807, 2.05) is 147 Å². The second-order valence-electron chi connectivity index (χ2n) is 24.5. The number of amides is 4. The molecular weight excluding hydrogens is 1110 g/mol. The molecule has 0 saturated carbocycles. The fourth-order valence-corrected chi connectivity index (χ4v) is 10.8. The van der Waals surface area contributed by atoms with Gasteiger partial charge in [0.1, 0.15) is 35.8 Å². The molecule has 5 aromatic carbocycles. The fourth-order valence-electron chi connectivity index (χ4n) is 10.8. The summed E-state index contributed by atoms with van der Waals surface area (Å²) in [5.74, 6) is -2.43. The molecule has 2 aliphatic rings. The van der Waals surface area contributed by atoms with Gasteiger partial charge in [-0.05, 0) is 148 Å². The zero-order chi connectivity index (χ0) is 63.1. The highest BCUT2D eigenvalue weighted by molar-refractivity contribution is 6.38. The molecule has 0 spiro atoms. The molecule has 2 heterocycles. The zero-order valence-electron chi connectivity index (χ0n) is 52.4. The number of esters is 2. The van der Waals surface area contributed by atoms with Gasteiger partial charge in [-0.3, -0.25) is 28.8 Å². The summed E-state index contributed by atoms with van der Waals surface area (Å²) in [6, 6.07) is 40.4. The number of benzene rings is 5. The van der Waals surface area contributed by atoms with Gasteiger partial charge in [0.25, 0.3) is 11.8 Å². The first-order chi connectivity index (χ1) is 42.3. The van der Waals surface area contributed by atoms with Crippen LogP contribution in [0.25, 0.3) is 0 Å². The average Bonchev–Trinajstić information content (AvgIpc) is 3.00. The van der Waals surface area contributed by atoms with E-state index in [0.717, 1.165) is 46.2 Å². The standard InChI is InChI=1S/C72H90N4O12/c1-7-71(3,4)65(79)67(81)75-43-17-15-31-59(75)69(83)87-61(39-37-51-23-11-9-12-24-51)55-27-19-29-57(49-55)85-45-21-41-73-63(77)47-53-33-35-54(36-34-53)48-64(78)74-42-22-46-86-58-30-20-28-56(50-58)62(40-38-52-25-13-10-14-26-52)88-70(84)60-32-16-18-44-76(60)68(82)66(80)72(5,6)8-2/h9-14,19-20,23-30,33-36,49-50,59-62H,7-8,15-18,21-22,31-32,37-48H2,1-6H3,(H,73,77)(H,74,78)/t59?,60?,61-,62-/m1/s1. The third-order valence-corrected chi connectivity index (χ3v) is 17.1. The lowest BCUT2D eigenvalue weighted by Crippen LogP contribution is -2.53. The molecule has 2 N–H and O–H groups in total. The van der Waals surface area contributed by atoms with Gasteiger partial charge in [0.05, 0.1) is 26.1 Å². The first-order valence-electron chi connectivity index (χ1n) is 31.6. The van der Waals surface area contributed by atoms with Crippen LogP contribution in [0.15, 0.2) is 133 Å². The van der Waals surface area contributed by atoms with Gasteiger partial charge in [-0.15, -0.1) is 0 Å². The van der Waals surface area contributed by atoms with Crippen LogP contribution in [-0.4, -0.2) is 108 Å². The Morgan fingerprint density at radius 1 is 0.489 bits per heavy atom. The number of Topliss-reactive ketones (excluding diaryl/α,β-unsaturated/α-hetero) is 2. The van der Waals surface area contributed by atoms with Crippen molar-refractivity contribution in [1.29, 1.82) is 0 Å². The van der Waals surface area contributed by atoms with E-state index in [2.05, 4.69) is 10.6 Å². The number of hydrogen-bond donors (Lipinski definition) is 2. The monoisotopic (exact) mass is 1200 g/mol. The number of ketones is 2. The largest absolute Gasteiger partial charge is 0.494 e. The summed E-state index contributed by atoms with van der Waals surface area (Å²) in [5, 5.41) is 5.93. The van der Waals surface area contributed by atoms with Crippen LogP contribution in [0.4, 0.5) is 0 Å². The summed E-state index contributed by atoms with van der Waals surface area (Å²) in [6.45, 7) is 12.8. The number of nitrogens with zero attached hydrogens (tertiary/aromatic N) is 2. The van der Waals surface area contributed by atoms with Crippen LogP contribution in [0.2, 0.25) is 0 Å². The Balaban J connectivity index is 0.826. The maximum absolute atomic E-state index is 14.0. The van der Waals surface area contributed by atoms with E-state index >= 15 is 0 Å². The van der Waals surface area contributed by atoms with E-state index in [-0.39, 0.29) is 24.7 Å². The van der Waals surface area contributed by atoms with Crippen molar-refractivity contribution >= 4 is 47.1 Å². The number of likely N-dealkylation sites (tertiary alicyclic amines) is 2. The van der Waals surface area contributed by atoms with E-state index in [9.17, 15) is 38.4 Å². The molecule has 0 radical (unpaired) electrons. The summed E-state index contributed by atoms with van der Waals surface area (Å²) < 4.78 is 24.8. The van der Waals surface area contributed by atoms with Gasteiger partial charge in [0.2, 0.25) is 23.4 Å². The van der Waals surface area contributed by atoms with Crippen LogP contribution in [0.5, 0.6) is 11.5 Å². The van der Waals surface area contributed by atoms with Crippen molar-refractivity contribution in [3.05, 3.63) is 167 Å². The number of carbonyl (C=O) groups excluding carboxylic acids is 8. The van der Waals surface area contributed by atoms with Gasteiger partial charge in [0.15, 0.2) is 0 Å². The Morgan fingerprint density at radius 2 is 0.875 bits per heavy atom. The minimum atomic E-state index is -0.851. The predicted octanol–water partition coefficient (Wildman–Crippen LogP) is 11.1. The number of nitrogens with one attached hydrogen (secondary N) is 2. The lowest BCUT2D eigenvalue weighted by molar-refractivity contribution is -0.165. The maximum Gasteiger partial charge on any atom is 0.329 e. The highest BCUT2D eigenvalue weighted by Crippen LogP contribution is 2.33. The molecule has 16 nitrogen and oxygen atoms in total. The molecular formula is C72H90N4O12. The van der Waals surface area contributed by atoms with Gasteiger partial charge in [-0.1, -0.05) is 151 Å². The minimum absolute atomic E-state index is 0.144. The Labute approximate surface area is 519 Å². The van der Waals surface area contributed by atoms with Crippen molar-refractivity contribution in [1.82, 2.24) is 20.4 Å². The molecule has 7 rings (SSSR count). The molecule has 0 aliphatic carbocycles. The van der Waals surface area contributed by atoms with Crippen LogP contribution in [-0.2, 0) is 73.5 Å². The van der Waals surface area contributed by atoms with Crippen LogP contribution in [0.1, 0.15) is 164 Å². The second kappa shape index (κ2) is 33.3. The summed E-state index contributed by atoms with van der Waals surface area (Å²) in [7, 11) is 0. The molecule has 88 heavy (non-hydrogen) atoms. The molecule has 2 saturated heterocycles. The summed E-state index contributed by atoms with van der Waals surface area (Å²) in [5.41, 5.74) is 3.62. The molecule has 16 heteroatoms. The van der Waals surface area contributed by atoms with Crippen LogP contribution >= 0.6 is 0 Å². The predicted molar refractivity (Wildman–Crippen MR) is 337 cm³/mol. The second-order valence-corrected chi connectivity index (χ2v) is 24.5. The van der Waals surface area contributed by atoms with Crippen molar-refractivity contribution in [2.24, 2.45) is 10.8 Å². The number of ether oxygens (including phenoxy) is 4. The first kappa shape index (κ1) is 67.4. The summed E-state index contributed by atoms with van der Waals surface area (Å²) in [6.07, 6.45) is 7.14. The molecule has 470 valence electrons. The van der Waals surface area contributed by atoms with Gasteiger partial charge in [-0.2, -0.15) is 0 Å². The topological polar surface area (TPSA) is 204 Å². The van der Waals surface area contributed by atoms with E-state index in [0.29, 0.717) is 128 Å². The van der Waals surface area contributed by atoms with Crippen LogP contribution < -0.4 is 20.1 Å². The van der Waals surface area contributed by atoms with Crippen LogP contribution in [0, 0.1) is 10.8 Å². The number of hydrogen-bond acceptors (Lipinski definition) is 12. The Morgan fingerprint density at radius 3 is 1.25 bits per heavy atom. The fraction of sp³-hybridized carbons (Fsp3) is 0.472. The van der Waals surface area contributed by atoms with Crippen molar-refractivity contribution < 1.29 is 57.3 Å². The summed E-state index contributed by atoms with van der Waals surface area (Å²) in [4.78, 5) is 110. The van der Waals surface area contributed by atoms with Gasteiger partial charge in [0, 0.05) is 37.0 Å². The SMILES string of the molecule is CCC(C)(C)C(=O)C(=O)N1CCCCC1C(=O)O[C@H](CCc1ccccc1)c1cccc(OCCCNC(=O)Cc2ccc(CC(=O)NCCCOc3cccc([C@@H](CCc4ccccc4)OC(=O)C4CCCCN4C(=O)C(=O)C(C)(C)CC)c3)cc2)c1. The minimum Gasteiger partial charge on any atom is -0.494 e. The van der Waals surface area contributed by atoms with Gasteiger partial charge < -0.3 is 39.4 Å². The summed E-state index contributed by atoms with van der Waals surface area (Å²) >= 11 is 0. The quantitative estimate of drug-likeness (QED) is 0.0235. The Bertz CT molecular complexity index is 2920. The molecule has 0 aromatic heterocycles. The Kier molecular flexibility index (Phi) is 25.5. The van der Waals surface area contributed by atoms with Gasteiger partial charge >= 0.3 is 11.9 Å². The van der Waals surface area contributed by atoms with E-state index in [4.69, 9.17) is 18.9 Å². The van der Waals surface area contributed by atoms with Crippen molar-refractivity contribution in [3.63, 3.8) is 0 Å². The molecule has 0 bridgehead atoms. The highest BCUT2D eigenvalue weighted by Gasteiger charge is 2.43. The number of carbonyl (C=O) groups is 8. The van der Waals surface area contributed by atoms with Crippen molar-refractivity contribution in [2.75, 3.05) is 39.4 Å². The molecule has 2 aliphatic heterocycles. The average molecular weight is 1200 g/mol. The number of aryl methyl sites for hydroxylation is 2. The first-order valence-corrected chi connectivity index (χ1v) is 31.6. The van der Waals surface area contributed by atoms with Crippen LogP contribution in [0.3, 0.4) is 0 Å². The molecule has 5 aromatic rings. The Hall–Kier alpha value is -8.14. The van der Waals surface area contributed by atoms with E-state index < -0.39 is 70.4 Å². The van der Waals surface area contributed by atoms with Crippen molar-refractivity contribution in [3.8, 4) is 11.5 Å². The third kappa shape index (κ3) is 19.9. The van der Waals surface area contributed by atoms with Crippen molar-refractivity contribution in [2.45, 2.75) is 169 Å². The number of rotatable bonds is 32. The maximum atomic E-state index is 14.0. The molecule has 4 amide bonds. The lowest BCUT2D eigenvalue weighted by Gasteiger charge is -2.36. The molecule has 2 unspecified atom stereocenters. The van der Waals surface area contributed by atoms with E-state index in [1.165, 1.54) is 9.80 Å². The lowest BCUT2D eigenvalue weighted by atomic mass is 9.84. The van der Waals surface area contributed by atoms with Gasteiger partial charge in [-0.25, -0.2) is 9.59 Å². The van der Waals surface area contributed by atoms with E-state index in [1.54, 1.807) is 27.7 Å². The third-order valence-electron chi connectivity index (χ3n) is 17.1. The smallest absolute Gasteiger partial charge is 0.329 e. The zero-order valence-corrected chi connectivity index (χ0v) is 52.4. The molecule has 2 fully saturated rings. The number of piperidine rings is 2. The molecule has 4 atom stereocenters. The highest BCUT2D eigenvalue weighted by atomic mass is 16.6.